The highest BCUT2D eigenvalue weighted by atomic mass is 16.2. The number of aryl methyl sites for hydroxylation is 1. The summed E-state index contributed by atoms with van der Waals surface area (Å²) in [7, 11) is 1.55. The first kappa shape index (κ1) is 14.6. The van der Waals surface area contributed by atoms with Gasteiger partial charge in [-0.1, -0.05) is 12.1 Å². The first-order valence-electron chi connectivity index (χ1n) is 6.40. The van der Waals surface area contributed by atoms with Crippen LogP contribution in [0.3, 0.4) is 0 Å². The van der Waals surface area contributed by atoms with Crippen LogP contribution >= 0.6 is 0 Å². The average Bonchev–Trinajstić information content (AvgIpc) is 2.81. The van der Waals surface area contributed by atoms with Crippen molar-refractivity contribution in [3.05, 3.63) is 47.5 Å². The minimum absolute atomic E-state index is 0.274. The smallest absolute Gasteiger partial charge is 0.318 e. The Bertz CT molecular complexity index is 661. The molecule has 0 bridgehead atoms. The predicted octanol–water partition coefficient (Wildman–Crippen LogP) is 1.09. The Morgan fingerprint density at radius 3 is 2.52 bits per heavy atom. The Kier molecular flexibility index (Phi) is 4.22. The van der Waals surface area contributed by atoms with E-state index in [1.807, 2.05) is 12.1 Å². The van der Waals surface area contributed by atoms with Gasteiger partial charge in [-0.3, -0.25) is 4.79 Å². The average molecular weight is 287 g/mol. The van der Waals surface area contributed by atoms with Gasteiger partial charge in [0.1, 0.15) is 5.69 Å². The molecule has 0 saturated heterocycles. The van der Waals surface area contributed by atoms with Crippen LogP contribution in [0.5, 0.6) is 0 Å². The van der Waals surface area contributed by atoms with Crippen molar-refractivity contribution in [3.63, 3.8) is 0 Å². The molecule has 7 nitrogen and oxygen atoms in total. The number of nitrogens with zero attached hydrogens (tertiary/aromatic N) is 2. The maximum Gasteiger partial charge on any atom is 0.318 e. The molecule has 2 rings (SSSR count). The van der Waals surface area contributed by atoms with E-state index in [4.69, 9.17) is 5.73 Å². The van der Waals surface area contributed by atoms with Crippen LogP contribution in [0, 0.1) is 6.92 Å². The van der Waals surface area contributed by atoms with Crippen LogP contribution in [0.15, 0.2) is 30.6 Å². The van der Waals surface area contributed by atoms with Crippen molar-refractivity contribution in [1.29, 1.82) is 0 Å². The Labute approximate surface area is 122 Å². The second-order valence-corrected chi connectivity index (χ2v) is 4.57. The number of urea groups is 1. The molecular weight excluding hydrogens is 270 g/mol. The van der Waals surface area contributed by atoms with Gasteiger partial charge in [0, 0.05) is 19.3 Å². The molecular formula is C14H17N5O2. The lowest BCUT2D eigenvalue weighted by Gasteiger charge is -2.08. The fourth-order valence-corrected chi connectivity index (χ4v) is 2.01. The summed E-state index contributed by atoms with van der Waals surface area (Å²) in [5.74, 6) is -0.497. The summed E-state index contributed by atoms with van der Waals surface area (Å²) >= 11 is 0. The molecule has 0 spiro atoms. The van der Waals surface area contributed by atoms with Crippen LogP contribution in [-0.4, -0.2) is 28.5 Å². The molecule has 0 radical (unpaired) electrons. The van der Waals surface area contributed by atoms with Gasteiger partial charge in [0.05, 0.1) is 12.0 Å². The number of carbonyl (C=O) groups excluding carboxylic acids is 2. The van der Waals surface area contributed by atoms with Crippen LogP contribution in [0.1, 0.15) is 21.7 Å². The Balaban J connectivity index is 2.14. The van der Waals surface area contributed by atoms with Gasteiger partial charge in [-0.05, 0) is 24.6 Å². The van der Waals surface area contributed by atoms with Crippen molar-refractivity contribution >= 4 is 17.6 Å². The number of nitrogens with two attached hydrogens (primary N) is 1. The van der Waals surface area contributed by atoms with Crippen LogP contribution in [0.25, 0.3) is 0 Å². The van der Waals surface area contributed by atoms with Gasteiger partial charge >= 0.3 is 6.03 Å². The molecule has 1 aromatic heterocycles. The van der Waals surface area contributed by atoms with E-state index in [0.717, 1.165) is 5.56 Å². The highest BCUT2D eigenvalue weighted by Crippen LogP contribution is 2.13. The molecule has 0 saturated carbocycles. The molecule has 0 fully saturated rings. The monoisotopic (exact) mass is 287 g/mol. The van der Waals surface area contributed by atoms with E-state index in [1.165, 1.54) is 0 Å². The van der Waals surface area contributed by atoms with Crippen molar-refractivity contribution < 1.29 is 9.59 Å². The molecule has 7 heteroatoms. The van der Waals surface area contributed by atoms with E-state index in [2.05, 4.69) is 15.6 Å². The van der Waals surface area contributed by atoms with E-state index in [-0.39, 0.29) is 6.03 Å². The van der Waals surface area contributed by atoms with Gasteiger partial charge in [-0.15, -0.1) is 0 Å². The summed E-state index contributed by atoms with van der Waals surface area (Å²) in [6.45, 7) is 2.23. The van der Waals surface area contributed by atoms with Gasteiger partial charge in [-0.25, -0.2) is 9.78 Å². The normalized spacial score (nSPS) is 10.2. The molecule has 1 heterocycles. The molecule has 0 unspecified atom stereocenters. The molecule has 0 atom stereocenters. The lowest BCUT2D eigenvalue weighted by Crippen LogP contribution is -2.24. The Morgan fingerprint density at radius 2 is 1.95 bits per heavy atom. The Morgan fingerprint density at radius 1 is 1.29 bits per heavy atom. The van der Waals surface area contributed by atoms with Crippen LogP contribution in [-0.2, 0) is 6.54 Å². The third kappa shape index (κ3) is 3.38. The SMILES string of the molecule is CNC(=O)Nc1ccc(Cn2cnc(C)c2C(N)=O)cc1. The highest BCUT2D eigenvalue weighted by Gasteiger charge is 2.12. The van der Waals surface area contributed by atoms with Crippen molar-refractivity contribution in [2.24, 2.45) is 5.73 Å². The molecule has 0 aliphatic carbocycles. The summed E-state index contributed by atoms with van der Waals surface area (Å²) in [6, 6.07) is 7.04. The second kappa shape index (κ2) is 6.08. The molecule has 3 amide bonds. The van der Waals surface area contributed by atoms with Crippen LogP contribution < -0.4 is 16.4 Å². The number of benzene rings is 1. The minimum Gasteiger partial charge on any atom is -0.364 e. The number of hydrogen-bond acceptors (Lipinski definition) is 3. The third-order valence-corrected chi connectivity index (χ3v) is 3.05. The lowest BCUT2D eigenvalue weighted by molar-refractivity contribution is 0.0991. The summed E-state index contributed by atoms with van der Waals surface area (Å²) < 4.78 is 1.71. The largest absolute Gasteiger partial charge is 0.364 e. The number of rotatable bonds is 4. The summed E-state index contributed by atoms with van der Waals surface area (Å²) in [5, 5.41) is 5.15. The van der Waals surface area contributed by atoms with E-state index < -0.39 is 5.91 Å². The lowest BCUT2D eigenvalue weighted by atomic mass is 10.2. The quantitative estimate of drug-likeness (QED) is 0.784. The standard InChI is InChI=1S/C14H17N5O2/c1-9-12(13(15)20)19(8-17-9)7-10-3-5-11(6-4-10)18-14(21)16-2/h3-6,8H,7H2,1-2H3,(H2,15,20)(H2,16,18,21). The predicted molar refractivity (Wildman–Crippen MR) is 79.1 cm³/mol. The maximum atomic E-state index is 11.4. The van der Waals surface area contributed by atoms with Gasteiger partial charge in [-0.2, -0.15) is 0 Å². The highest BCUT2D eigenvalue weighted by molar-refractivity contribution is 5.92. The molecule has 21 heavy (non-hydrogen) atoms. The minimum atomic E-state index is -0.497. The molecule has 0 aliphatic rings. The zero-order valence-corrected chi connectivity index (χ0v) is 11.9. The third-order valence-electron chi connectivity index (χ3n) is 3.05. The van der Waals surface area contributed by atoms with Gasteiger partial charge in [0.2, 0.25) is 0 Å². The molecule has 2 aromatic rings. The first-order valence-corrected chi connectivity index (χ1v) is 6.40. The second-order valence-electron chi connectivity index (χ2n) is 4.57. The molecule has 4 N–H and O–H groups in total. The van der Waals surface area contributed by atoms with E-state index in [1.54, 1.807) is 37.0 Å². The van der Waals surface area contributed by atoms with Crippen molar-refractivity contribution in [1.82, 2.24) is 14.9 Å². The Hall–Kier alpha value is -2.83. The fraction of sp³-hybridized carbons (Fsp3) is 0.214. The van der Waals surface area contributed by atoms with E-state index in [9.17, 15) is 9.59 Å². The van der Waals surface area contributed by atoms with E-state index >= 15 is 0 Å². The number of amides is 3. The number of hydrogen-bond donors (Lipinski definition) is 3. The zero-order chi connectivity index (χ0) is 15.4. The van der Waals surface area contributed by atoms with Gasteiger partial charge < -0.3 is 20.9 Å². The van der Waals surface area contributed by atoms with Crippen LogP contribution in [0.4, 0.5) is 10.5 Å². The molecule has 110 valence electrons. The van der Waals surface area contributed by atoms with Crippen molar-refractivity contribution in [2.45, 2.75) is 13.5 Å². The van der Waals surface area contributed by atoms with Crippen LogP contribution in [0.2, 0.25) is 0 Å². The topological polar surface area (TPSA) is 102 Å². The number of carbonyl (C=O) groups is 2. The van der Waals surface area contributed by atoms with Crippen molar-refractivity contribution in [2.75, 3.05) is 12.4 Å². The number of aromatic nitrogens is 2. The number of imidazole rings is 1. The maximum absolute atomic E-state index is 11.4. The van der Waals surface area contributed by atoms with Gasteiger partial charge in [0.15, 0.2) is 0 Å². The van der Waals surface area contributed by atoms with E-state index in [0.29, 0.717) is 23.6 Å². The number of nitrogens with one attached hydrogen (secondary N) is 2. The number of primary amides is 1. The molecule has 0 aliphatic heterocycles. The zero-order valence-electron chi connectivity index (χ0n) is 11.9. The number of anilines is 1. The van der Waals surface area contributed by atoms with Gasteiger partial charge in [0.25, 0.3) is 5.91 Å². The first-order chi connectivity index (χ1) is 10.0. The summed E-state index contributed by atoms with van der Waals surface area (Å²) in [6.07, 6.45) is 1.59. The summed E-state index contributed by atoms with van der Waals surface area (Å²) in [4.78, 5) is 26.7. The molecule has 1 aromatic carbocycles. The fourth-order valence-electron chi connectivity index (χ4n) is 2.01. The van der Waals surface area contributed by atoms with Crippen molar-refractivity contribution in [3.8, 4) is 0 Å². The summed E-state index contributed by atoms with van der Waals surface area (Å²) in [5.41, 5.74) is 8.03.